The summed E-state index contributed by atoms with van der Waals surface area (Å²) in [5.74, 6) is 1.19. The Kier molecular flexibility index (Phi) is 4.03. The fourth-order valence-electron chi connectivity index (χ4n) is 3.70. The number of anilines is 1. The Hall–Kier alpha value is -3.02. The maximum Gasteiger partial charge on any atom is 0.260 e. The number of carbonyl (C=O) groups excluding carboxylic acids is 2. The summed E-state index contributed by atoms with van der Waals surface area (Å²) < 4.78 is 10.9. The molecule has 2 aromatic carbocycles. The summed E-state index contributed by atoms with van der Waals surface area (Å²) in [7, 11) is 1.60. The summed E-state index contributed by atoms with van der Waals surface area (Å²) in [6, 6.07) is 14.8. The molecule has 1 spiro atoms. The molecular formula is C20H20N2O4. The van der Waals surface area contributed by atoms with Crippen LogP contribution in [0.15, 0.2) is 48.5 Å². The summed E-state index contributed by atoms with van der Waals surface area (Å²) in [6.45, 7) is 0.851. The van der Waals surface area contributed by atoms with E-state index in [1.807, 2.05) is 48.5 Å². The molecule has 1 fully saturated rings. The second-order valence-corrected chi connectivity index (χ2v) is 6.61. The number of amides is 2. The topological polar surface area (TPSA) is 67.9 Å². The Morgan fingerprint density at radius 2 is 2.00 bits per heavy atom. The summed E-state index contributed by atoms with van der Waals surface area (Å²) >= 11 is 0. The van der Waals surface area contributed by atoms with E-state index in [-0.39, 0.29) is 18.4 Å². The van der Waals surface area contributed by atoms with Crippen molar-refractivity contribution in [1.82, 2.24) is 4.90 Å². The van der Waals surface area contributed by atoms with Crippen LogP contribution in [0.4, 0.5) is 5.69 Å². The first-order valence-electron chi connectivity index (χ1n) is 8.58. The van der Waals surface area contributed by atoms with Crippen molar-refractivity contribution < 1.29 is 19.1 Å². The summed E-state index contributed by atoms with van der Waals surface area (Å²) in [4.78, 5) is 26.9. The summed E-state index contributed by atoms with van der Waals surface area (Å²) in [5, 5.41) is 2.94. The van der Waals surface area contributed by atoms with Gasteiger partial charge in [-0.05, 0) is 42.3 Å². The zero-order valence-electron chi connectivity index (χ0n) is 14.5. The lowest BCUT2D eigenvalue weighted by Crippen LogP contribution is -2.40. The Morgan fingerprint density at radius 3 is 2.77 bits per heavy atom. The molecule has 0 radical (unpaired) electrons. The van der Waals surface area contributed by atoms with Gasteiger partial charge in [-0.2, -0.15) is 0 Å². The minimum absolute atomic E-state index is 0.0350. The SMILES string of the molecule is COc1ccc2c(c1)[C@]1(CCN(C(=O)COc3ccccc3)C1)C(=O)N2. The van der Waals surface area contributed by atoms with Crippen LogP contribution < -0.4 is 14.8 Å². The van der Waals surface area contributed by atoms with E-state index in [0.29, 0.717) is 31.0 Å². The number of nitrogens with one attached hydrogen (secondary N) is 1. The van der Waals surface area contributed by atoms with Gasteiger partial charge in [-0.1, -0.05) is 18.2 Å². The molecule has 1 atom stereocenters. The molecule has 26 heavy (non-hydrogen) atoms. The highest BCUT2D eigenvalue weighted by atomic mass is 16.5. The molecule has 134 valence electrons. The first kappa shape index (κ1) is 16.4. The maximum atomic E-state index is 12.7. The largest absolute Gasteiger partial charge is 0.497 e. The van der Waals surface area contributed by atoms with Crippen molar-refractivity contribution in [2.45, 2.75) is 11.8 Å². The van der Waals surface area contributed by atoms with Crippen LogP contribution in [0.5, 0.6) is 11.5 Å². The van der Waals surface area contributed by atoms with Gasteiger partial charge in [0.05, 0.1) is 12.5 Å². The Morgan fingerprint density at radius 1 is 1.19 bits per heavy atom. The Bertz CT molecular complexity index is 852. The van der Waals surface area contributed by atoms with Gasteiger partial charge in [-0.15, -0.1) is 0 Å². The molecule has 0 aromatic heterocycles. The molecule has 0 unspecified atom stereocenters. The van der Waals surface area contributed by atoms with Crippen molar-refractivity contribution >= 4 is 17.5 Å². The van der Waals surface area contributed by atoms with E-state index in [0.717, 1.165) is 11.3 Å². The zero-order valence-corrected chi connectivity index (χ0v) is 14.5. The monoisotopic (exact) mass is 352 g/mol. The van der Waals surface area contributed by atoms with E-state index in [1.165, 1.54) is 0 Å². The Labute approximate surface area is 151 Å². The van der Waals surface area contributed by atoms with E-state index < -0.39 is 5.41 Å². The van der Waals surface area contributed by atoms with E-state index in [1.54, 1.807) is 12.0 Å². The quantitative estimate of drug-likeness (QED) is 0.916. The number of likely N-dealkylation sites (tertiary alicyclic amines) is 1. The van der Waals surface area contributed by atoms with Crippen LogP contribution in [0.2, 0.25) is 0 Å². The van der Waals surface area contributed by atoms with E-state index in [4.69, 9.17) is 9.47 Å². The van der Waals surface area contributed by atoms with Gasteiger partial charge in [0.2, 0.25) is 5.91 Å². The van der Waals surface area contributed by atoms with E-state index in [2.05, 4.69) is 5.32 Å². The number of methoxy groups -OCH3 is 1. The number of rotatable bonds is 4. The highest BCUT2D eigenvalue weighted by Crippen LogP contribution is 2.45. The van der Waals surface area contributed by atoms with Crippen molar-refractivity contribution in [3.05, 3.63) is 54.1 Å². The van der Waals surface area contributed by atoms with Crippen molar-refractivity contribution in [3.63, 3.8) is 0 Å². The average molecular weight is 352 g/mol. The van der Waals surface area contributed by atoms with Crippen molar-refractivity contribution in [1.29, 1.82) is 0 Å². The smallest absolute Gasteiger partial charge is 0.260 e. The van der Waals surface area contributed by atoms with Crippen molar-refractivity contribution in [2.75, 3.05) is 32.1 Å². The van der Waals surface area contributed by atoms with Crippen molar-refractivity contribution in [2.24, 2.45) is 0 Å². The lowest BCUT2D eigenvalue weighted by molar-refractivity contribution is -0.132. The molecule has 6 nitrogen and oxygen atoms in total. The van der Waals surface area contributed by atoms with Crippen LogP contribution in [-0.4, -0.2) is 43.5 Å². The lowest BCUT2D eigenvalue weighted by Gasteiger charge is -2.23. The summed E-state index contributed by atoms with van der Waals surface area (Å²) in [6.07, 6.45) is 0.593. The number of hydrogen-bond donors (Lipinski definition) is 1. The number of nitrogens with zero attached hydrogens (tertiary/aromatic N) is 1. The molecule has 1 N–H and O–H groups in total. The molecule has 0 aliphatic carbocycles. The van der Waals surface area contributed by atoms with Crippen LogP contribution in [0.3, 0.4) is 0 Å². The van der Waals surface area contributed by atoms with Gasteiger partial charge in [0.15, 0.2) is 6.61 Å². The molecular weight excluding hydrogens is 332 g/mol. The first-order valence-corrected chi connectivity index (χ1v) is 8.58. The predicted octanol–water partition coefficient (Wildman–Crippen LogP) is 2.20. The van der Waals surface area contributed by atoms with Crippen molar-refractivity contribution in [3.8, 4) is 11.5 Å². The maximum absolute atomic E-state index is 12.7. The number of benzene rings is 2. The molecule has 4 rings (SSSR count). The van der Waals surface area contributed by atoms with Crippen LogP contribution in [0.1, 0.15) is 12.0 Å². The number of carbonyl (C=O) groups is 2. The number of ether oxygens (including phenoxy) is 2. The molecule has 2 aromatic rings. The second-order valence-electron chi connectivity index (χ2n) is 6.61. The third-order valence-electron chi connectivity index (χ3n) is 5.15. The summed E-state index contributed by atoms with van der Waals surface area (Å²) in [5.41, 5.74) is 0.999. The number of hydrogen-bond acceptors (Lipinski definition) is 4. The van der Waals surface area contributed by atoms with Gasteiger partial charge in [-0.3, -0.25) is 9.59 Å². The number of para-hydroxylation sites is 1. The van der Waals surface area contributed by atoms with Gasteiger partial charge in [0.25, 0.3) is 5.91 Å². The van der Waals surface area contributed by atoms with E-state index in [9.17, 15) is 9.59 Å². The van der Waals surface area contributed by atoms with Gasteiger partial charge >= 0.3 is 0 Å². The molecule has 2 aliphatic rings. The molecule has 0 bridgehead atoms. The number of fused-ring (bicyclic) bond motifs is 2. The van der Waals surface area contributed by atoms with E-state index >= 15 is 0 Å². The first-order chi connectivity index (χ1) is 12.6. The highest BCUT2D eigenvalue weighted by molar-refractivity contribution is 6.07. The molecule has 6 heteroatoms. The third kappa shape index (κ3) is 2.67. The normalized spacial score (nSPS) is 20.8. The fraction of sp³-hybridized carbons (Fsp3) is 0.300. The molecule has 1 saturated heterocycles. The molecule has 0 saturated carbocycles. The minimum atomic E-state index is -0.702. The second kappa shape index (κ2) is 6.37. The Balaban J connectivity index is 1.50. The van der Waals surface area contributed by atoms with Crippen LogP contribution in [-0.2, 0) is 15.0 Å². The van der Waals surface area contributed by atoms with Gasteiger partial charge in [0.1, 0.15) is 11.5 Å². The highest BCUT2D eigenvalue weighted by Gasteiger charge is 2.52. The lowest BCUT2D eigenvalue weighted by atomic mass is 9.81. The van der Waals surface area contributed by atoms with Crippen LogP contribution in [0, 0.1) is 0 Å². The minimum Gasteiger partial charge on any atom is -0.497 e. The van der Waals surface area contributed by atoms with Crippen LogP contribution >= 0.6 is 0 Å². The molecule has 2 amide bonds. The molecule has 2 aliphatic heterocycles. The third-order valence-corrected chi connectivity index (χ3v) is 5.15. The predicted molar refractivity (Wildman–Crippen MR) is 96.4 cm³/mol. The average Bonchev–Trinajstić information content (AvgIpc) is 3.24. The van der Waals surface area contributed by atoms with Gasteiger partial charge < -0.3 is 19.7 Å². The standard InChI is InChI=1S/C20H20N2O4/c1-25-15-7-8-17-16(11-15)20(19(24)21-17)9-10-22(13-20)18(23)12-26-14-5-3-2-4-6-14/h2-8,11H,9-10,12-13H2,1H3,(H,21,24)/t20-/m1/s1. The fourth-order valence-corrected chi connectivity index (χ4v) is 3.70. The van der Waals surface area contributed by atoms with Gasteiger partial charge in [0, 0.05) is 18.8 Å². The zero-order chi connectivity index (χ0) is 18.1. The van der Waals surface area contributed by atoms with Crippen LogP contribution in [0.25, 0.3) is 0 Å². The van der Waals surface area contributed by atoms with Gasteiger partial charge in [-0.25, -0.2) is 0 Å². The molecule has 2 heterocycles.